The number of aryl methyl sites for hydroxylation is 1. The molecule has 0 fully saturated rings. The van der Waals surface area contributed by atoms with Crippen LogP contribution in [-0.2, 0) is 13.0 Å². The molecule has 2 heterocycles. The summed E-state index contributed by atoms with van der Waals surface area (Å²) in [5.74, 6) is -0.570. The van der Waals surface area contributed by atoms with Gasteiger partial charge in [-0.1, -0.05) is 49.4 Å². The minimum atomic E-state index is -0.329. The lowest BCUT2D eigenvalue weighted by molar-refractivity contribution is 0.0952. The largest absolute Gasteiger partial charge is 0.348 e. The van der Waals surface area contributed by atoms with E-state index in [1.807, 2.05) is 35.9 Å². The van der Waals surface area contributed by atoms with Gasteiger partial charge in [0, 0.05) is 17.5 Å². The summed E-state index contributed by atoms with van der Waals surface area (Å²) in [5.41, 5.74) is 6.64. The zero-order chi connectivity index (χ0) is 24.4. The second-order valence-electron chi connectivity index (χ2n) is 8.46. The summed E-state index contributed by atoms with van der Waals surface area (Å²) < 4.78 is 15.4. The number of nitrogens with one attached hydrogen (secondary N) is 1. The van der Waals surface area contributed by atoms with E-state index >= 15 is 0 Å². The molecule has 0 unspecified atom stereocenters. The van der Waals surface area contributed by atoms with Crippen LogP contribution < -0.4 is 5.32 Å². The summed E-state index contributed by atoms with van der Waals surface area (Å²) in [6.07, 6.45) is 2.77. The Morgan fingerprint density at radius 3 is 2.54 bits per heavy atom. The molecular formula is C29H25FN4O. The van der Waals surface area contributed by atoms with Crippen molar-refractivity contribution in [3.8, 4) is 16.9 Å². The van der Waals surface area contributed by atoms with Crippen molar-refractivity contribution in [3.05, 3.63) is 113 Å². The molecule has 0 aliphatic rings. The van der Waals surface area contributed by atoms with Crippen LogP contribution in [-0.4, -0.2) is 20.7 Å². The van der Waals surface area contributed by atoms with Crippen LogP contribution in [0.2, 0.25) is 0 Å². The highest BCUT2D eigenvalue weighted by molar-refractivity contribution is 6.07. The van der Waals surface area contributed by atoms with E-state index in [4.69, 9.17) is 4.98 Å². The molecule has 0 saturated carbocycles. The molecule has 3 aromatic carbocycles. The van der Waals surface area contributed by atoms with E-state index in [2.05, 4.69) is 41.6 Å². The minimum Gasteiger partial charge on any atom is -0.348 e. The highest BCUT2D eigenvalue weighted by Gasteiger charge is 2.17. The number of carbonyl (C=O) groups excluding carboxylic acids is 1. The third kappa shape index (κ3) is 4.55. The van der Waals surface area contributed by atoms with Crippen molar-refractivity contribution >= 4 is 16.8 Å². The number of aromatic nitrogens is 3. The number of para-hydroxylation sites is 1. The van der Waals surface area contributed by atoms with Gasteiger partial charge in [0.2, 0.25) is 0 Å². The van der Waals surface area contributed by atoms with Crippen LogP contribution in [0.5, 0.6) is 0 Å². The number of nitrogens with zero attached hydrogens (tertiary/aromatic N) is 3. The van der Waals surface area contributed by atoms with E-state index in [-0.39, 0.29) is 18.3 Å². The van der Waals surface area contributed by atoms with Crippen molar-refractivity contribution in [2.24, 2.45) is 0 Å². The van der Waals surface area contributed by atoms with Crippen LogP contribution in [0.3, 0.4) is 0 Å². The maximum atomic E-state index is 13.5. The van der Waals surface area contributed by atoms with Gasteiger partial charge in [0.15, 0.2) is 0 Å². The van der Waals surface area contributed by atoms with Gasteiger partial charge < -0.3 is 5.32 Å². The number of pyridine rings is 1. The zero-order valence-electron chi connectivity index (χ0n) is 19.6. The van der Waals surface area contributed by atoms with Gasteiger partial charge in [-0.15, -0.1) is 0 Å². The quantitative estimate of drug-likeness (QED) is 0.334. The van der Waals surface area contributed by atoms with Crippen LogP contribution in [0.1, 0.15) is 34.1 Å². The summed E-state index contributed by atoms with van der Waals surface area (Å²) in [6, 6.07) is 23.9. The van der Waals surface area contributed by atoms with Gasteiger partial charge in [-0.3, -0.25) is 4.79 Å². The molecule has 0 bridgehead atoms. The third-order valence-corrected chi connectivity index (χ3v) is 6.18. The average molecular weight is 465 g/mol. The SMILES string of the molecule is CCc1ccc(-n2ncc(-c3cc(C(=O)NCc4cccc(F)c4)c4ccccc4n3)c2C)cc1. The number of halogens is 1. The predicted molar refractivity (Wildman–Crippen MR) is 136 cm³/mol. The number of carbonyl (C=O) groups is 1. The Labute approximate surface area is 203 Å². The van der Waals surface area contributed by atoms with Crippen molar-refractivity contribution in [2.45, 2.75) is 26.8 Å². The maximum absolute atomic E-state index is 13.5. The Morgan fingerprint density at radius 1 is 0.971 bits per heavy atom. The topological polar surface area (TPSA) is 59.8 Å². The summed E-state index contributed by atoms with van der Waals surface area (Å²) in [4.78, 5) is 18.0. The van der Waals surface area contributed by atoms with E-state index in [1.165, 1.54) is 17.7 Å². The first-order chi connectivity index (χ1) is 17.0. The Kier molecular flexibility index (Phi) is 6.10. The van der Waals surface area contributed by atoms with Crippen LogP contribution in [0, 0.1) is 12.7 Å². The summed E-state index contributed by atoms with van der Waals surface area (Å²) >= 11 is 0. The molecule has 0 aliphatic heterocycles. The molecular weight excluding hydrogens is 439 g/mol. The van der Waals surface area contributed by atoms with E-state index in [0.29, 0.717) is 16.8 Å². The molecule has 0 atom stereocenters. The molecule has 5 aromatic rings. The fraction of sp³-hybridized carbons (Fsp3) is 0.138. The van der Waals surface area contributed by atoms with E-state index in [9.17, 15) is 9.18 Å². The molecule has 1 N–H and O–H groups in total. The number of hydrogen-bond donors (Lipinski definition) is 1. The van der Waals surface area contributed by atoms with Gasteiger partial charge in [0.25, 0.3) is 5.91 Å². The van der Waals surface area contributed by atoms with Crippen molar-refractivity contribution < 1.29 is 9.18 Å². The summed E-state index contributed by atoms with van der Waals surface area (Å²) in [6.45, 7) is 4.35. The first kappa shape index (κ1) is 22.5. The Bertz CT molecular complexity index is 1520. The maximum Gasteiger partial charge on any atom is 0.252 e. The first-order valence-electron chi connectivity index (χ1n) is 11.6. The highest BCUT2D eigenvalue weighted by Crippen LogP contribution is 2.28. The fourth-order valence-corrected chi connectivity index (χ4v) is 4.22. The van der Waals surface area contributed by atoms with Gasteiger partial charge in [-0.25, -0.2) is 14.1 Å². The lowest BCUT2D eigenvalue weighted by Crippen LogP contribution is -2.23. The van der Waals surface area contributed by atoms with Crippen molar-refractivity contribution in [3.63, 3.8) is 0 Å². The number of benzene rings is 3. The second kappa shape index (κ2) is 9.50. The van der Waals surface area contributed by atoms with Gasteiger partial charge in [-0.05, 0) is 60.9 Å². The first-order valence-corrected chi connectivity index (χ1v) is 11.6. The van der Waals surface area contributed by atoms with Crippen molar-refractivity contribution in [1.82, 2.24) is 20.1 Å². The second-order valence-corrected chi connectivity index (χ2v) is 8.46. The average Bonchev–Trinajstić information content (AvgIpc) is 3.27. The molecule has 5 nitrogen and oxygen atoms in total. The Balaban J connectivity index is 1.51. The van der Waals surface area contributed by atoms with Crippen LogP contribution in [0.15, 0.2) is 85.1 Å². The highest BCUT2D eigenvalue weighted by atomic mass is 19.1. The molecule has 5 rings (SSSR count). The molecule has 35 heavy (non-hydrogen) atoms. The van der Waals surface area contributed by atoms with Crippen molar-refractivity contribution in [2.75, 3.05) is 0 Å². The number of amides is 1. The third-order valence-electron chi connectivity index (χ3n) is 6.18. The Hall–Kier alpha value is -4.32. The van der Waals surface area contributed by atoms with E-state index in [0.717, 1.165) is 34.3 Å². The van der Waals surface area contributed by atoms with Gasteiger partial charge in [-0.2, -0.15) is 5.10 Å². The molecule has 0 saturated heterocycles. The standard InChI is InChI=1S/C29H25FN4O/c1-3-20-11-13-23(14-12-20)34-19(2)26(18-32-34)28-16-25(24-9-4-5-10-27(24)33-28)29(35)31-17-21-7-6-8-22(30)15-21/h4-16,18H,3,17H2,1-2H3,(H,31,35). The zero-order valence-corrected chi connectivity index (χ0v) is 19.6. The van der Waals surface area contributed by atoms with Gasteiger partial charge in [0.05, 0.1) is 34.4 Å². The normalized spacial score (nSPS) is 11.1. The minimum absolute atomic E-state index is 0.229. The molecule has 174 valence electrons. The molecule has 6 heteroatoms. The van der Waals surface area contributed by atoms with Crippen LogP contribution in [0.25, 0.3) is 27.8 Å². The van der Waals surface area contributed by atoms with E-state index in [1.54, 1.807) is 24.4 Å². The van der Waals surface area contributed by atoms with E-state index < -0.39 is 0 Å². The predicted octanol–water partition coefficient (Wildman–Crippen LogP) is 6.03. The molecule has 2 aromatic heterocycles. The number of rotatable bonds is 6. The van der Waals surface area contributed by atoms with Gasteiger partial charge >= 0.3 is 0 Å². The summed E-state index contributed by atoms with van der Waals surface area (Å²) in [7, 11) is 0. The van der Waals surface area contributed by atoms with Crippen molar-refractivity contribution in [1.29, 1.82) is 0 Å². The smallest absolute Gasteiger partial charge is 0.252 e. The van der Waals surface area contributed by atoms with Crippen LogP contribution >= 0.6 is 0 Å². The van der Waals surface area contributed by atoms with Crippen LogP contribution in [0.4, 0.5) is 4.39 Å². The molecule has 0 aliphatic carbocycles. The molecule has 0 spiro atoms. The Morgan fingerprint density at radius 2 is 1.77 bits per heavy atom. The lowest BCUT2D eigenvalue weighted by atomic mass is 10.0. The number of hydrogen-bond acceptors (Lipinski definition) is 3. The summed E-state index contributed by atoms with van der Waals surface area (Å²) in [5, 5.41) is 8.27. The van der Waals surface area contributed by atoms with Gasteiger partial charge in [0.1, 0.15) is 5.82 Å². The lowest BCUT2D eigenvalue weighted by Gasteiger charge is -2.11. The number of fused-ring (bicyclic) bond motifs is 1. The monoisotopic (exact) mass is 464 g/mol. The molecule has 1 amide bonds. The fourth-order valence-electron chi connectivity index (χ4n) is 4.22. The molecule has 0 radical (unpaired) electrons.